The van der Waals surface area contributed by atoms with Gasteiger partial charge in [0.05, 0.1) is 4.90 Å². The van der Waals surface area contributed by atoms with Crippen molar-refractivity contribution in [2.45, 2.75) is 51.0 Å². The number of amides is 1. The van der Waals surface area contributed by atoms with E-state index in [0.717, 1.165) is 16.7 Å². The molecule has 7 nitrogen and oxygen atoms in total. The molecule has 1 amide bonds. The third-order valence-corrected chi connectivity index (χ3v) is 7.13. The van der Waals surface area contributed by atoms with E-state index < -0.39 is 34.5 Å². The van der Waals surface area contributed by atoms with Gasteiger partial charge in [-0.25, -0.2) is 8.42 Å². The average molecular weight is 445 g/mol. The first kappa shape index (κ1) is 23.0. The summed E-state index contributed by atoms with van der Waals surface area (Å²) in [5.41, 5.74) is 3.58. The maximum absolute atomic E-state index is 13.1. The second-order valence-corrected chi connectivity index (χ2v) is 9.86. The molecule has 1 aliphatic heterocycles. The summed E-state index contributed by atoms with van der Waals surface area (Å²) in [6.07, 6.45) is 1.75. The van der Waals surface area contributed by atoms with Crippen LogP contribution in [0.3, 0.4) is 0 Å². The Morgan fingerprint density at radius 2 is 1.65 bits per heavy atom. The number of ether oxygens (including phenoxy) is 1. The summed E-state index contributed by atoms with van der Waals surface area (Å²) in [4.78, 5) is 25.1. The lowest BCUT2D eigenvalue weighted by atomic mass is 10.1. The Kier molecular flexibility index (Phi) is 7.12. The second kappa shape index (κ2) is 9.62. The predicted molar refractivity (Wildman–Crippen MR) is 118 cm³/mol. The van der Waals surface area contributed by atoms with Gasteiger partial charge in [-0.05, 0) is 75.4 Å². The lowest BCUT2D eigenvalue weighted by Gasteiger charge is -2.33. The third-order valence-electron chi connectivity index (χ3n) is 5.20. The predicted octanol–water partition coefficient (Wildman–Crippen LogP) is 3.34. The molecule has 1 N–H and O–H groups in total. The molecule has 0 bridgehead atoms. The van der Waals surface area contributed by atoms with Gasteiger partial charge in [-0.1, -0.05) is 23.8 Å². The molecule has 0 spiro atoms. The van der Waals surface area contributed by atoms with Gasteiger partial charge in [0, 0.05) is 12.2 Å². The van der Waals surface area contributed by atoms with Crippen molar-refractivity contribution in [1.82, 2.24) is 4.31 Å². The summed E-state index contributed by atoms with van der Waals surface area (Å²) in [7, 11) is -3.84. The zero-order valence-electron chi connectivity index (χ0n) is 18.1. The number of esters is 1. The van der Waals surface area contributed by atoms with E-state index in [1.54, 1.807) is 24.3 Å². The molecular formula is C23H28N2O5S. The standard InChI is InChI=1S/C23H28N2O5S/c1-16-7-9-20(10-8-16)31(28,29)25-11-5-4-6-21(25)23(27)30-15-22(26)24-19-13-17(2)12-18(3)14-19/h7-10,12-14,21H,4-6,11,15H2,1-3H3,(H,24,26)/t21-/m1/s1. The van der Waals surface area contributed by atoms with Crippen molar-refractivity contribution in [3.8, 4) is 0 Å². The molecule has 0 aliphatic carbocycles. The molecule has 0 saturated carbocycles. The van der Waals surface area contributed by atoms with E-state index in [-0.39, 0.29) is 11.4 Å². The molecular weight excluding hydrogens is 416 g/mol. The molecule has 8 heteroatoms. The number of sulfonamides is 1. The number of benzene rings is 2. The molecule has 0 radical (unpaired) electrons. The Morgan fingerprint density at radius 1 is 1.00 bits per heavy atom. The van der Waals surface area contributed by atoms with Gasteiger partial charge in [0.15, 0.2) is 6.61 Å². The maximum atomic E-state index is 13.1. The van der Waals surface area contributed by atoms with Crippen molar-refractivity contribution >= 4 is 27.6 Å². The molecule has 1 heterocycles. The summed E-state index contributed by atoms with van der Waals surface area (Å²) in [6.45, 7) is 5.50. The van der Waals surface area contributed by atoms with E-state index in [1.807, 2.05) is 39.0 Å². The van der Waals surface area contributed by atoms with Gasteiger partial charge in [0.25, 0.3) is 5.91 Å². The monoisotopic (exact) mass is 444 g/mol. The number of hydrogen-bond donors (Lipinski definition) is 1. The van der Waals surface area contributed by atoms with E-state index >= 15 is 0 Å². The summed E-state index contributed by atoms with van der Waals surface area (Å²) in [5, 5.41) is 2.71. The van der Waals surface area contributed by atoms with Gasteiger partial charge >= 0.3 is 5.97 Å². The van der Waals surface area contributed by atoms with Crippen LogP contribution in [0.2, 0.25) is 0 Å². The van der Waals surface area contributed by atoms with Crippen LogP contribution in [0.4, 0.5) is 5.69 Å². The van der Waals surface area contributed by atoms with Crippen LogP contribution in [0, 0.1) is 20.8 Å². The summed E-state index contributed by atoms with van der Waals surface area (Å²) in [6, 6.07) is 11.2. The van der Waals surface area contributed by atoms with E-state index in [2.05, 4.69) is 5.32 Å². The van der Waals surface area contributed by atoms with Gasteiger partial charge in [0.2, 0.25) is 10.0 Å². The average Bonchev–Trinajstić information content (AvgIpc) is 2.71. The Balaban J connectivity index is 1.66. The van der Waals surface area contributed by atoms with Crippen LogP contribution in [-0.4, -0.2) is 43.8 Å². The van der Waals surface area contributed by atoms with E-state index in [4.69, 9.17) is 4.74 Å². The normalized spacial score (nSPS) is 17.2. The van der Waals surface area contributed by atoms with E-state index in [0.29, 0.717) is 24.9 Å². The topological polar surface area (TPSA) is 92.8 Å². The van der Waals surface area contributed by atoms with Crippen LogP contribution in [0.5, 0.6) is 0 Å². The van der Waals surface area contributed by atoms with Crippen LogP contribution >= 0.6 is 0 Å². The Morgan fingerprint density at radius 3 is 2.29 bits per heavy atom. The highest BCUT2D eigenvalue weighted by Crippen LogP contribution is 2.26. The highest BCUT2D eigenvalue weighted by molar-refractivity contribution is 7.89. The van der Waals surface area contributed by atoms with Crippen molar-refractivity contribution in [3.05, 3.63) is 59.2 Å². The quantitative estimate of drug-likeness (QED) is 0.690. The van der Waals surface area contributed by atoms with Gasteiger partial charge in [-0.2, -0.15) is 4.31 Å². The summed E-state index contributed by atoms with van der Waals surface area (Å²) in [5.74, 6) is -1.17. The summed E-state index contributed by atoms with van der Waals surface area (Å²) >= 11 is 0. The number of rotatable bonds is 6. The lowest BCUT2D eigenvalue weighted by molar-refractivity contribution is -0.152. The first-order valence-corrected chi connectivity index (χ1v) is 11.7. The van der Waals surface area contributed by atoms with Crippen molar-refractivity contribution in [1.29, 1.82) is 0 Å². The number of carbonyl (C=O) groups is 2. The molecule has 2 aromatic carbocycles. The van der Waals surface area contributed by atoms with Crippen molar-refractivity contribution < 1.29 is 22.7 Å². The number of anilines is 1. The van der Waals surface area contributed by atoms with Crippen LogP contribution in [0.15, 0.2) is 47.4 Å². The largest absolute Gasteiger partial charge is 0.454 e. The SMILES string of the molecule is Cc1ccc(S(=O)(=O)N2CCCC[C@@H]2C(=O)OCC(=O)Nc2cc(C)cc(C)c2)cc1. The molecule has 166 valence electrons. The molecule has 0 aromatic heterocycles. The van der Waals surface area contributed by atoms with E-state index in [9.17, 15) is 18.0 Å². The Hall–Kier alpha value is -2.71. The van der Waals surface area contributed by atoms with Gasteiger partial charge in [-0.15, -0.1) is 0 Å². The molecule has 3 rings (SSSR count). The van der Waals surface area contributed by atoms with Gasteiger partial charge in [-0.3, -0.25) is 9.59 Å². The molecule has 31 heavy (non-hydrogen) atoms. The Labute approximate surface area is 183 Å². The van der Waals surface area contributed by atoms with Crippen LogP contribution < -0.4 is 5.32 Å². The number of aryl methyl sites for hydroxylation is 3. The molecule has 0 unspecified atom stereocenters. The first-order valence-electron chi connectivity index (χ1n) is 10.3. The number of piperidine rings is 1. The molecule has 2 aromatic rings. The molecule has 1 atom stereocenters. The van der Waals surface area contributed by atoms with Gasteiger partial charge < -0.3 is 10.1 Å². The van der Waals surface area contributed by atoms with Crippen molar-refractivity contribution in [2.75, 3.05) is 18.5 Å². The smallest absolute Gasteiger partial charge is 0.324 e. The minimum Gasteiger partial charge on any atom is -0.454 e. The lowest BCUT2D eigenvalue weighted by Crippen LogP contribution is -2.48. The fourth-order valence-electron chi connectivity index (χ4n) is 3.75. The van der Waals surface area contributed by atoms with E-state index in [1.165, 1.54) is 4.31 Å². The third kappa shape index (κ3) is 5.71. The van der Waals surface area contributed by atoms with Crippen molar-refractivity contribution in [2.24, 2.45) is 0 Å². The van der Waals surface area contributed by atoms with Gasteiger partial charge in [0.1, 0.15) is 6.04 Å². The number of nitrogens with zero attached hydrogens (tertiary/aromatic N) is 1. The highest BCUT2D eigenvalue weighted by atomic mass is 32.2. The minimum atomic E-state index is -3.84. The van der Waals surface area contributed by atoms with Crippen LogP contribution in [0.25, 0.3) is 0 Å². The maximum Gasteiger partial charge on any atom is 0.324 e. The molecule has 1 fully saturated rings. The number of nitrogens with one attached hydrogen (secondary N) is 1. The number of carbonyl (C=O) groups excluding carboxylic acids is 2. The fraction of sp³-hybridized carbons (Fsp3) is 0.391. The Bertz CT molecular complexity index is 1040. The van der Waals surface area contributed by atoms with Crippen LogP contribution in [0.1, 0.15) is 36.0 Å². The fourth-order valence-corrected chi connectivity index (χ4v) is 5.40. The van der Waals surface area contributed by atoms with Crippen LogP contribution in [-0.2, 0) is 24.3 Å². The molecule has 1 aliphatic rings. The first-order chi connectivity index (χ1) is 14.7. The minimum absolute atomic E-state index is 0.144. The summed E-state index contributed by atoms with van der Waals surface area (Å²) < 4.78 is 32.6. The molecule has 1 saturated heterocycles. The zero-order chi connectivity index (χ0) is 22.6. The number of hydrogen-bond acceptors (Lipinski definition) is 5. The van der Waals surface area contributed by atoms with Crippen molar-refractivity contribution in [3.63, 3.8) is 0 Å². The zero-order valence-corrected chi connectivity index (χ0v) is 18.9. The second-order valence-electron chi connectivity index (χ2n) is 7.97. The highest BCUT2D eigenvalue weighted by Gasteiger charge is 2.38.